The predicted octanol–water partition coefficient (Wildman–Crippen LogP) is -1.20. The van der Waals surface area contributed by atoms with Crippen LogP contribution in [0.25, 0.3) is 0 Å². The van der Waals surface area contributed by atoms with Crippen LogP contribution in [0.2, 0.25) is 0 Å². The maximum Gasteiger partial charge on any atom is 0.287 e. The third-order valence-electron chi connectivity index (χ3n) is 2.38. The van der Waals surface area contributed by atoms with Crippen molar-refractivity contribution in [2.24, 2.45) is 0 Å². The van der Waals surface area contributed by atoms with Gasteiger partial charge in [0.05, 0.1) is 6.04 Å². The second-order valence-electron chi connectivity index (χ2n) is 3.72. The van der Waals surface area contributed by atoms with Crippen molar-refractivity contribution in [2.45, 2.75) is 18.9 Å². The average Bonchev–Trinajstić information content (AvgIpc) is 2.95. The van der Waals surface area contributed by atoms with Crippen LogP contribution in [-0.2, 0) is 14.4 Å². The van der Waals surface area contributed by atoms with Crippen molar-refractivity contribution in [1.29, 1.82) is 0 Å². The first-order valence-corrected chi connectivity index (χ1v) is 5.59. The highest BCUT2D eigenvalue weighted by atomic mass is 16.2. The van der Waals surface area contributed by atoms with E-state index in [-0.39, 0.29) is 18.5 Å². The zero-order valence-corrected chi connectivity index (χ0v) is 10.3. The molecule has 19 heavy (non-hydrogen) atoms. The standard InChI is InChI=1S/C11H14N4O4/c1-12-11(19)9(17)3-2-7(6-16)14-10(18)8-4-5-13-15-8/h4-7H,2-3H2,1H3,(H,12,19)(H,13,15)(H,14,18). The summed E-state index contributed by atoms with van der Waals surface area (Å²) in [6.07, 6.45) is 1.93. The van der Waals surface area contributed by atoms with E-state index in [1.54, 1.807) is 0 Å². The summed E-state index contributed by atoms with van der Waals surface area (Å²) < 4.78 is 0. The Labute approximate surface area is 108 Å². The van der Waals surface area contributed by atoms with E-state index in [0.29, 0.717) is 6.29 Å². The highest BCUT2D eigenvalue weighted by Gasteiger charge is 2.18. The fourth-order valence-electron chi connectivity index (χ4n) is 1.34. The summed E-state index contributed by atoms with van der Waals surface area (Å²) in [4.78, 5) is 44.6. The summed E-state index contributed by atoms with van der Waals surface area (Å²) in [6.45, 7) is 0. The van der Waals surface area contributed by atoms with Crippen molar-refractivity contribution >= 4 is 23.9 Å². The van der Waals surface area contributed by atoms with Crippen molar-refractivity contribution in [1.82, 2.24) is 20.8 Å². The summed E-state index contributed by atoms with van der Waals surface area (Å²) in [5.74, 6) is -1.88. The SMILES string of the molecule is CNC(=O)C(=O)CCC(C=O)NC(=O)c1cc[nH]n1. The molecule has 0 aliphatic rings. The third kappa shape index (κ3) is 4.34. The molecule has 1 aromatic rings. The number of aromatic amines is 1. The molecule has 1 aromatic heterocycles. The summed E-state index contributed by atoms with van der Waals surface area (Å²) in [5.41, 5.74) is 0.143. The Bertz CT molecular complexity index is 469. The van der Waals surface area contributed by atoms with Gasteiger partial charge in [0, 0.05) is 19.7 Å². The van der Waals surface area contributed by atoms with Crippen LogP contribution in [0.3, 0.4) is 0 Å². The molecular weight excluding hydrogens is 252 g/mol. The smallest absolute Gasteiger partial charge is 0.287 e. The van der Waals surface area contributed by atoms with Crippen molar-refractivity contribution in [3.63, 3.8) is 0 Å². The Kier molecular flexibility index (Phi) is 5.39. The van der Waals surface area contributed by atoms with Crippen molar-refractivity contribution < 1.29 is 19.2 Å². The van der Waals surface area contributed by atoms with E-state index in [9.17, 15) is 19.2 Å². The Morgan fingerprint density at radius 2 is 2.21 bits per heavy atom. The summed E-state index contributed by atoms with van der Waals surface area (Å²) >= 11 is 0. The van der Waals surface area contributed by atoms with Crippen LogP contribution in [0.5, 0.6) is 0 Å². The van der Waals surface area contributed by atoms with Gasteiger partial charge in [-0.25, -0.2) is 0 Å². The molecule has 102 valence electrons. The van der Waals surface area contributed by atoms with Crippen LogP contribution in [0, 0.1) is 0 Å². The number of H-pyrrole nitrogens is 1. The minimum absolute atomic E-state index is 0.0614. The number of Topliss-reactive ketones (excluding diaryl/α,β-unsaturated/α-hetero) is 1. The number of aldehydes is 1. The second-order valence-corrected chi connectivity index (χ2v) is 3.72. The first-order chi connectivity index (χ1) is 9.08. The third-order valence-corrected chi connectivity index (χ3v) is 2.38. The normalized spacial score (nSPS) is 11.4. The number of rotatable bonds is 7. The topological polar surface area (TPSA) is 121 Å². The number of carbonyl (C=O) groups excluding carboxylic acids is 4. The average molecular weight is 266 g/mol. The number of ketones is 1. The van der Waals surface area contributed by atoms with E-state index < -0.39 is 23.6 Å². The van der Waals surface area contributed by atoms with Crippen LogP contribution in [0.4, 0.5) is 0 Å². The van der Waals surface area contributed by atoms with Crippen LogP contribution in [-0.4, -0.2) is 47.2 Å². The molecule has 3 N–H and O–H groups in total. The van der Waals surface area contributed by atoms with E-state index in [4.69, 9.17) is 0 Å². The monoisotopic (exact) mass is 266 g/mol. The van der Waals surface area contributed by atoms with Gasteiger partial charge in [0.25, 0.3) is 11.8 Å². The highest BCUT2D eigenvalue weighted by molar-refractivity contribution is 6.36. The second kappa shape index (κ2) is 7.04. The van der Waals surface area contributed by atoms with Gasteiger partial charge in [-0.3, -0.25) is 19.5 Å². The quantitative estimate of drug-likeness (QED) is 0.423. The molecule has 0 aliphatic carbocycles. The van der Waals surface area contributed by atoms with Gasteiger partial charge in [0.2, 0.25) is 5.78 Å². The maximum absolute atomic E-state index is 11.6. The number of amides is 2. The highest BCUT2D eigenvalue weighted by Crippen LogP contribution is 1.99. The van der Waals surface area contributed by atoms with E-state index in [1.807, 2.05) is 0 Å². The largest absolute Gasteiger partial charge is 0.353 e. The molecule has 2 amide bonds. The fraction of sp³-hybridized carbons (Fsp3) is 0.364. The lowest BCUT2D eigenvalue weighted by molar-refractivity contribution is -0.137. The van der Waals surface area contributed by atoms with Crippen LogP contribution in [0.1, 0.15) is 23.3 Å². The van der Waals surface area contributed by atoms with Crippen molar-refractivity contribution in [2.75, 3.05) is 7.05 Å². The lowest BCUT2D eigenvalue weighted by Gasteiger charge is -2.10. The molecule has 1 unspecified atom stereocenters. The zero-order valence-electron chi connectivity index (χ0n) is 10.3. The van der Waals surface area contributed by atoms with Gasteiger partial charge in [-0.2, -0.15) is 5.10 Å². The summed E-state index contributed by atoms with van der Waals surface area (Å²) in [7, 11) is 1.34. The predicted molar refractivity (Wildman–Crippen MR) is 64.2 cm³/mol. The zero-order chi connectivity index (χ0) is 14.3. The van der Waals surface area contributed by atoms with E-state index in [1.165, 1.54) is 19.3 Å². The minimum atomic E-state index is -0.835. The molecule has 0 radical (unpaired) electrons. The molecular formula is C11H14N4O4. The Morgan fingerprint density at radius 1 is 1.47 bits per heavy atom. The van der Waals surface area contributed by atoms with Crippen LogP contribution < -0.4 is 10.6 Å². The number of nitrogens with one attached hydrogen (secondary N) is 3. The fourth-order valence-corrected chi connectivity index (χ4v) is 1.34. The molecule has 0 aliphatic heterocycles. The van der Waals surface area contributed by atoms with Gasteiger partial charge >= 0.3 is 0 Å². The molecule has 0 saturated carbocycles. The summed E-state index contributed by atoms with van der Waals surface area (Å²) in [6, 6.07) is 0.616. The van der Waals surface area contributed by atoms with Gasteiger partial charge in [0.1, 0.15) is 12.0 Å². The number of hydrogen-bond acceptors (Lipinski definition) is 5. The van der Waals surface area contributed by atoms with Crippen LogP contribution >= 0.6 is 0 Å². The van der Waals surface area contributed by atoms with Gasteiger partial charge in [0.15, 0.2) is 0 Å². The Hall–Kier alpha value is -2.51. The van der Waals surface area contributed by atoms with Crippen molar-refractivity contribution in [3.8, 4) is 0 Å². The Morgan fingerprint density at radius 3 is 2.74 bits per heavy atom. The minimum Gasteiger partial charge on any atom is -0.353 e. The van der Waals surface area contributed by atoms with Crippen LogP contribution in [0.15, 0.2) is 12.3 Å². The van der Waals surface area contributed by atoms with Gasteiger partial charge in [-0.15, -0.1) is 0 Å². The molecule has 1 heterocycles. The molecule has 0 spiro atoms. The van der Waals surface area contributed by atoms with E-state index >= 15 is 0 Å². The van der Waals surface area contributed by atoms with Gasteiger partial charge < -0.3 is 15.4 Å². The number of carbonyl (C=O) groups is 4. The molecule has 8 heteroatoms. The molecule has 0 saturated heterocycles. The van der Waals surface area contributed by atoms with Gasteiger partial charge in [-0.05, 0) is 12.5 Å². The molecule has 0 fully saturated rings. The number of likely N-dealkylation sites (N-methyl/N-ethyl adjacent to an activating group) is 1. The molecule has 0 bridgehead atoms. The molecule has 8 nitrogen and oxygen atoms in total. The first kappa shape index (κ1) is 14.6. The lowest BCUT2D eigenvalue weighted by Crippen LogP contribution is -2.37. The molecule has 1 rings (SSSR count). The Balaban J connectivity index is 2.46. The molecule has 1 atom stereocenters. The number of nitrogens with zero attached hydrogens (tertiary/aromatic N) is 1. The number of hydrogen-bond donors (Lipinski definition) is 3. The van der Waals surface area contributed by atoms with Gasteiger partial charge in [-0.1, -0.05) is 0 Å². The maximum atomic E-state index is 11.6. The van der Waals surface area contributed by atoms with E-state index in [2.05, 4.69) is 20.8 Å². The van der Waals surface area contributed by atoms with E-state index in [0.717, 1.165) is 0 Å². The lowest BCUT2D eigenvalue weighted by atomic mass is 10.1. The van der Waals surface area contributed by atoms with Crippen molar-refractivity contribution in [3.05, 3.63) is 18.0 Å². The number of aromatic nitrogens is 2. The molecule has 0 aromatic carbocycles. The summed E-state index contributed by atoms with van der Waals surface area (Å²) in [5, 5.41) is 10.7. The first-order valence-electron chi connectivity index (χ1n) is 5.59.